The fourth-order valence-corrected chi connectivity index (χ4v) is 4.50. The topological polar surface area (TPSA) is 96.0 Å². The molecule has 2 aromatic carbocycles. The largest absolute Gasteiger partial charge is 0.378 e. The number of anilines is 2. The number of para-hydroxylation sites is 1. The number of hydrogen-bond acceptors (Lipinski definition) is 5. The molecule has 10 heteroatoms. The van der Waals surface area contributed by atoms with Crippen LogP contribution in [0.3, 0.4) is 0 Å². The Labute approximate surface area is 193 Å². The molecule has 32 heavy (non-hydrogen) atoms. The van der Waals surface area contributed by atoms with E-state index in [9.17, 15) is 18.0 Å². The van der Waals surface area contributed by atoms with Gasteiger partial charge in [-0.25, -0.2) is 8.42 Å². The first-order valence-corrected chi connectivity index (χ1v) is 12.5. The number of sulfonamides is 1. The third-order valence-electron chi connectivity index (χ3n) is 5.01. The van der Waals surface area contributed by atoms with Gasteiger partial charge in [-0.2, -0.15) is 0 Å². The second kappa shape index (κ2) is 10.8. The summed E-state index contributed by atoms with van der Waals surface area (Å²) in [5, 5.41) is 3.29. The van der Waals surface area contributed by atoms with Gasteiger partial charge in [-0.1, -0.05) is 23.7 Å². The average Bonchev–Trinajstić information content (AvgIpc) is 2.77. The van der Waals surface area contributed by atoms with Crippen LogP contribution in [0.1, 0.15) is 23.2 Å². The van der Waals surface area contributed by atoms with Gasteiger partial charge in [-0.3, -0.25) is 13.9 Å². The molecule has 1 aliphatic rings. The van der Waals surface area contributed by atoms with Crippen LogP contribution in [0.25, 0.3) is 0 Å². The summed E-state index contributed by atoms with van der Waals surface area (Å²) in [4.78, 5) is 27.1. The number of carbonyl (C=O) groups is 2. The van der Waals surface area contributed by atoms with E-state index >= 15 is 0 Å². The minimum absolute atomic E-state index is 0.0969. The first-order valence-electron chi connectivity index (χ1n) is 10.2. The van der Waals surface area contributed by atoms with E-state index < -0.39 is 10.0 Å². The lowest BCUT2D eigenvalue weighted by Crippen LogP contribution is -2.41. The van der Waals surface area contributed by atoms with Gasteiger partial charge in [0.15, 0.2) is 0 Å². The second-order valence-electron chi connectivity index (χ2n) is 7.41. The second-order valence-corrected chi connectivity index (χ2v) is 9.76. The monoisotopic (exact) mass is 479 g/mol. The number of benzene rings is 2. The number of nitrogens with zero attached hydrogens (tertiary/aromatic N) is 2. The average molecular weight is 480 g/mol. The molecule has 1 N–H and O–H groups in total. The molecule has 3 rings (SSSR count). The summed E-state index contributed by atoms with van der Waals surface area (Å²) >= 11 is 5.88. The molecule has 0 aromatic heterocycles. The van der Waals surface area contributed by atoms with Crippen molar-refractivity contribution in [3.63, 3.8) is 0 Å². The Morgan fingerprint density at radius 3 is 2.41 bits per heavy atom. The van der Waals surface area contributed by atoms with Crippen molar-refractivity contribution in [1.29, 1.82) is 0 Å². The molecule has 0 bridgehead atoms. The molecule has 1 heterocycles. The summed E-state index contributed by atoms with van der Waals surface area (Å²) in [7, 11) is -3.52. The lowest BCUT2D eigenvalue weighted by atomic mass is 10.1. The van der Waals surface area contributed by atoms with E-state index in [1.165, 1.54) is 4.31 Å². The maximum absolute atomic E-state index is 12.8. The summed E-state index contributed by atoms with van der Waals surface area (Å²) in [5.41, 5.74) is 1.34. The molecule has 1 saturated heterocycles. The van der Waals surface area contributed by atoms with Gasteiger partial charge in [0.05, 0.1) is 36.4 Å². The van der Waals surface area contributed by atoms with Crippen LogP contribution < -0.4 is 9.62 Å². The molecule has 0 saturated carbocycles. The smallest absolute Gasteiger partial charge is 0.256 e. The number of carbonyl (C=O) groups excluding carboxylic acids is 2. The zero-order valence-electron chi connectivity index (χ0n) is 17.8. The van der Waals surface area contributed by atoms with Crippen molar-refractivity contribution in [3.05, 3.63) is 59.1 Å². The standard InChI is InChI=1S/C22H26ClN3O5S/c1-32(29,30)26(18-10-8-17(23)9-11-18)12-4-7-21(27)24-20-6-3-2-5-19(20)22(28)25-13-15-31-16-14-25/h2-3,5-6,8-11H,4,7,12-16H2,1H3,(H,24,27). The van der Waals surface area contributed by atoms with Gasteiger partial charge >= 0.3 is 0 Å². The normalized spacial score (nSPS) is 14.1. The highest BCUT2D eigenvalue weighted by atomic mass is 35.5. The molecule has 0 atom stereocenters. The van der Waals surface area contributed by atoms with Crippen LogP contribution >= 0.6 is 11.6 Å². The zero-order valence-corrected chi connectivity index (χ0v) is 19.4. The highest BCUT2D eigenvalue weighted by Crippen LogP contribution is 2.22. The van der Waals surface area contributed by atoms with Crippen molar-refractivity contribution < 1.29 is 22.7 Å². The Balaban J connectivity index is 1.61. The third kappa shape index (κ3) is 6.44. The number of morpholine rings is 1. The van der Waals surface area contributed by atoms with E-state index in [-0.39, 0.29) is 24.8 Å². The molecular formula is C22H26ClN3O5S. The van der Waals surface area contributed by atoms with Crippen molar-refractivity contribution in [2.75, 3.05) is 48.7 Å². The maximum atomic E-state index is 12.8. The highest BCUT2D eigenvalue weighted by Gasteiger charge is 2.22. The first kappa shape index (κ1) is 24.0. The fraction of sp³-hybridized carbons (Fsp3) is 0.364. The third-order valence-corrected chi connectivity index (χ3v) is 6.46. The summed E-state index contributed by atoms with van der Waals surface area (Å²) in [5.74, 6) is -0.452. The van der Waals surface area contributed by atoms with Gasteiger partial charge in [0.25, 0.3) is 5.91 Å². The van der Waals surface area contributed by atoms with Crippen molar-refractivity contribution in [2.24, 2.45) is 0 Å². The molecule has 1 fully saturated rings. The quantitative estimate of drug-likeness (QED) is 0.628. The maximum Gasteiger partial charge on any atom is 0.256 e. The van der Waals surface area contributed by atoms with Crippen molar-refractivity contribution in [1.82, 2.24) is 4.90 Å². The molecule has 2 amide bonds. The summed E-state index contributed by atoms with van der Waals surface area (Å²) in [6, 6.07) is 13.3. The first-order chi connectivity index (χ1) is 15.3. The Bertz CT molecular complexity index is 1050. The molecule has 172 valence electrons. The van der Waals surface area contributed by atoms with Crippen LogP contribution in [0.4, 0.5) is 11.4 Å². The van der Waals surface area contributed by atoms with E-state index in [1.807, 2.05) is 0 Å². The van der Waals surface area contributed by atoms with Crippen LogP contribution in [0.2, 0.25) is 5.02 Å². The highest BCUT2D eigenvalue weighted by molar-refractivity contribution is 7.92. The predicted molar refractivity (Wildman–Crippen MR) is 125 cm³/mol. The van der Waals surface area contributed by atoms with E-state index in [4.69, 9.17) is 16.3 Å². The molecule has 0 unspecified atom stereocenters. The van der Waals surface area contributed by atoms with E-state index in [1.54, 1.807) is 53.4 Å². The number of amides is 2. The predicted octanol–water partition coefficient (Wildman–Crippen LogP) is 3.00. The molecule has 0 radical (unpaired) electrons. The number of halogens is 1. The molecule has 2 aromatic rings. The lowest BCUT2D eigenvalue weighted by Gasteiger charge is -2.27. The molecule has 8 nitrogen and oxygen atoms in total. The van der Waals surface area contributed by atoms with Gasteiger partial charge in [0, 0.05) is 31.1 Å². The molecule has 1 aliphatic heterocycles. The van der Waals surface area contributed by atoms with E-state index in [0.29, 0.717) is 54.7 Å². The van der Waals surface area contributed by atoms with Crippen molar-refractivity contribution in [2.45, 2.75) is 12.8 Å². The lowest BCUT2D eigenvalue weighted by molar-refractivity contribution is -0.116. The van der Waals surface area contributed by atoms with Gasteiger partial charge in [-0.15, -0.1) is 0 Å². The van der Waals surface area contributed by atoms with Crippen LogP contribution in [0, 0.1) is 0 Å². The Morgan fingerprint density at radius 2 is 1.75 bits per heavy atom. The van der Waals surface area contributed by atoms with Crippen molar-refractivity contribution in [3.8, 4) is 0 Å². The van der Waals surface area contributed by atoms with E-state index in [2.05, 4.69) is 5.32 Å². The van der Waals surface area contributed by atoms with E-state index in [0.717, 1.165) is 6.26 Å². The Morgan fingerprint density at radius 1 is 1.09 bits per heavy atom. The number of hydrogen-bond donors (Lipinski definition) is 1. The van der Waals surface area contributed by atoms with Gasteiger partial charge < -0.3 is 15.0 Å². The summed E-state index contributed by atoms with van der Waals surface area (Å²) in [6.45, 7) is 2.14. The van der Waals surface area contributed by atoms with Crippen molar-refractivity contribution >= 4 is 44.8 Å². The minimum Gasteiger partial charge on any atom is -0.378 e. The molecule has 0 spiro atoms. The van der Waals surface area contributed by atoms with Crippen LogP contribution in [0.5, 0.6) is 0 Å². The van der Waals surface area contributed by atoms with Gasteiger partial charge in [0.2, 0.25) is 15.9 Å². The zero-order chi connectivity index (χ0) is 23.1. The molecular weight excluding hydrogens is 454 g/mol. The number of ether oxygens (including phenoxy) is 1. The SMILES string of the molecule is CS(=O)(=O)N(CCCC(=O)Nc1ccccc1C(=O)N1CCOCC1)c1ccc(Cl)cc1. The minimum atomic E-state index is -3.52. The number of rotatable bonds is 8. The Hall–Kier alpha value is -2.62. The van der Waals surface area contributed by atoms with Crippen LogP contribution in [-0.4, -0.2) is 64.2 Å². The number of nitrogens with one attached hydrogen (secondary N) is 1. The van der Waals surface area contributed by atoms with Gasteiger partial charge in [-0.05, 0) is 42.8 Å². The molecule has 0 aliphatic carbocycles. The summed E-state index contributed by atoms with van der Waals surface area (Å²) in [6.07, 6.45) is 1.52. The Kier molecular flexibility index (Phi) is 8.11. The van der Waals surface area contributed by atoms with Crippen LogP contribution in [0.15, 0.2) is 48.5 Å². The fourth-order valence-electron chi connectivity index (χ4n) is 3.41. The summed E-state index contributed by atoms with van der Waals surface area (Å²) < 4.78 is 30.9. The van der Waals surface area contributed by atoms with Gasteiger partial charge in [0.1, 0.15) is 0 Å². The van der Waals surface area contributed by atoms with Crippen LogP contribution in [-0.2, 0) is 19.6 Å².